The number of likely N-dealkylation sites (N-methyl/N-ethyl adjacent to an activating group) is 1. The minimum atomic E-state index is -0.318. The van der Waals surface area contributed by atoms with Crippen molar-refractivity contribution in [2.45, 2.75) is 20.8 Å². The number of hydrogen-bond donors (Lipinski definition) is 0. The van der Waals surface area contributed by atoms with Gasteiger partial charge in [-0.3, -0.25) is 0 Å². The summed E-state index contributed by atoms with van der Waals surface area (Å²) in [4.78, 5) is 12.8. The van der Waals surface area contributed by atoms with Crippen LogP contribution < -0.4 is 4.74 Å². The van der Waals surface area contributed by atoms with Crippen molar-refractivity contribution in [2.24, 2.45) is 0 Å². The Balaban J connectivity index is 2.39. The number of rotatable bonds is 5. The molecule has 18 heavy (non-hydrogen) atoms. The van der Waals surface area contributed by atoms with E-state index in [4.69, 9.17) is 9.47 Å². The largest absolute Gasteiger partial charge is 0.492 e. The Kier molecular flexibility index (Phi) is 5.49. The zero-order valence-electron chi connectivity index (χ0n) is 11.5. The summed E-state index contributed by atoms with van der Waals surface area (Å²) < 4.78 is 10.5. The van der Waals surface area contributed by atoms with E-state index in [2.05, 4.69) is 6.07 Å². The van der Waals surface area contributed by atoms with Crippen LogP contribution in [0.25, 0.3) is 0 Å². The molecule has 0 bridgehead atoms. The Bertz CT molecular complexity index is 384. The highest BCUT2D eigenvalue weighted by atomic mass is 16.6. The van der Waals surface area contributed by atoms with Gasteiger partial charge in [-0.1, -0.05) is 6.07 Å². The molecule has 0 aromatic heterocycles. The van der Waals surface area contributed by atoms with Gasteiger partial charge in [0.15, 0.2) is 0 Å². The monoisotopic (exact) mass is 251 g/mol. The summed E-state index contributed by atoms with van der Waals surface area (Å²) in [6, 6.07) is 6.06. The maximum absolute atomic E-state index is 11.3. The number of nitrogens with zero attached hydrogens (tertiary/aromatic N) is 1. The van der Waals surface area contributed by atoms with Crippen LogP contribution in [0.3, 0.4) is 0 Å². The van der Waals surface area contributed by atoms with Crippen molar-refractivity contribution in [1.82, 2.24) is 4.90 Å². The lowest BCUT2D eigenvalue weighted by molar-refractivity contribution is 0.110. The summed E-state index contributed by atoms with van der Waals surface area (Å²) in [5.41, 5.74) is 2.34. The van der Waals surface area contributed by atoms with E-state index in [-0.39, 0.29) is 6.09 Å². The van der Waals surface area contributed by atoms with E-state index in [1.807, 2.05) is 26.0 Å². The fraction of sp³-hybridized carbons (Fsp3) is 0.500. The van der Waals surface area contributed by atoms with Crippen LogP contribution in [0, 0.1) is 13.8 Å². The number of aryl methyl sites for hydroxylation is 2. The molecule has 0 heterocycles. The van der Waals surface area contributed by atoms with Crippen molar-refractivity contribution >= 4 is 6.09 Å². The minimum absolute atomic E-state index is 0.318. The smallest absolute Gasteiger partial charge is 0.409 e. The van der Waals surface area contributed by atoms with E-state index in [9.17, 15) is 4.79 Å². The van der Waals surface area contributed by atoms with Crippen molar-refractivity contribution in [2.75, 3.05) is 26.8 Å². The van der Waals surface area contributed by atoms with Gasteiger partial charge in [-0.05, 0) is 44.0 Å². The van der Waals surface area contributed by atoms with Gasteiger partial charge < -0.3 is 14.4 Å². The zero-order valence-corrected chi connectivity index (χ0v) is 11.5. The van der Waals surface area contributed by atoms with E-state index >= 15 is 0 Å². The van der Waals surface area contributed by atoms with Gasteiger partial charge in [-0.2, -0.15) is 0 Å². The van der Waals surface area contributed by atoms with Crippen molar-refractivity contribution in [1.29, 1.82) is 0 Å². The number of carbonyl (C=O) groups is 1. The van der Waals surface area contributed by atoms with E-state index in [0.29, 0.717) is 19.8 Å². The molecule has 1 aromatic rings. The fourth-order valence-electron chi connectivity index (χ4n) is 1.64. The van der Waals surface area contributed by atoms with Gasteiger partial charge in [0.25, 0.3) is 0 Å². The first-order valence-electron chi connectivity index (χ1n) is 6.12. The molecule has 0 saturated carbocycles. The third-order valence-corrected chi connectivity index (χ3v) is 2.47. The Morgan fingerprint density at radius 1 is 1.22 bits per heavy atom. The van der Waals surface area contributed by atoms with Gasteiger partial charge in [0.1, 0.15) is 12.4 Å². The van der Waals surface area contributed by atoms with E-state index in [0.717, 1.165) is 5.75 Å². The van der Waals surface area contributed by atoms with Gasteiger partial charge >= 0.3 is 6.09 Å². The normalized spacial score (nSPS) is 10.0. The fourth-order valence-corrected chi connectivity index (χ4v) is 1.64. The number of carbonyl (C=O) groups excluding carboxylic acids is 1. The molecule has 0 radical (unpaired) electrons. The second kappa shape index (κ2) is 6.89. The highest BCUT2D eigenvalue weighted by molar-refractivity contribution is 5.67. The molecular formula is C14H21NO3. The predicted octanol–water partition coefficient (Wildman–Crippen LogP) is 2.77. The predicted molar refractivity (Wildman–Crippen MR) is 71.1 cm³/mol. The summed E-state index contributed by atoms with van der Waals surface area (Å²) in [7, 11) is 1.70. The molecule has 0 fully saturated rings. The molecule has 0 N–H and O–H groups in total. The molecule has 100 valence electrons. The molecule has 0 atom stereocenters. The van der Waals surface area contributed by atoms with Crippen LogP contribution in [0.2, 0.25) is 0 Å². The van der Waals surface area contributed by atoms with Gasteiger partial charge in [-0.25, -0.2) is 4.79 Å². The summed E-state index contributed by atoms with van der Waals surface area (Å²) in [5, 5.41) is 0. The molecule has 4 heteroatoms. The lowest BCUT2D eigenvalue weighted by Crippen LogP contribution is -2.31. The van der Waals surface area contributed by atoms with E-state index < -0.39 is 0 Å². The van der Waals surface area contributed by atoms with Crippen LogP contribution in [0.15, 0.2) is 18.2 Å². The maximum Gasteiger partial charge on any atom is 0.409 e. The summed E-state index contributed by atoms with van der Waals surface area (Å²) >= 11 is 0. The first kappa shape index (κ1) is 14.4. The van der Waals surface area contributed by atoms with Gasteiger partial charge in [0.2, 0.25) is 0 Å². The number of hydrogen-bond acceptors (Lipinski definition) is 3. The Morgan fingerprint density at radius 3 is 2.39 bits per heavy atom. The van der Waals surface area contributed by atoms with Crippen LogP contribution >= 0.6 is 0 Å². The molecule has 1 rings (SSSR count). The lowest BCUT2D eigenvalue weighted by atomic mass is 10.1. The highest BCUT2D eigenvalue weighted by Crippen LogP contribution is 2.15. The van der Waals surface area contributed by atoms with Crippen LogP contribution in [-0.4, -0.2) is 37.8 Å². The molecule has 0 aliphatic carbocycles. The first-order chi connectivity index (χ1) is 8.52. The SMILES string of the molecule is CCOC(=O)N(C)CCOc1cc(C)cc(C)c1. The Labute approximate surface area is 108 Å². The molecule has 1 aromatic carbocycles. The lowest BCUT2D eigenvalue weighted by Gasteiger charge is -2.16. The van der Waals surface area contributed by atoms with Crippen LogP contribution in [0.1, 0.15) is 18.1 Å². The third-order valence-electron chi connectivity index (χ3n) is 2.47. The van der Waals surface area contributed by atoms with Gasteiger partial charge in [-0.15, -0.1) is 0 Å². The maximum atomic E-state index is 11.3. The Hall–Kier alpha value is -1.71. The van der Waals surface area contributed by atoms with Gasteiger partial charge in [0, 0.05) is 7.05 Å². The van der Waals surface area contributed by atoms with Crippen LogP contribution in [0.5, 0.6) is 5.75 Å². The summed E-state index contributed by atoms with van der Waals surface area (Å²) in [5.74, 6) is 0.838. The van der Waals surface area contributed by atoms with Crippen molar-refractivity contribution in [3.63, 3.8) is 0 Å². The molecule has 0 spiro atoms. The van der Waals surface area contributed by atoms with Crippen LogP contribution in [0.4, 0.5) is 4.79 Å². The second-order valence-electron chi connectivity index (χ2n) is 4.29. The van der Waals surface area contributed by atoms with E-state index in [1.54, 1.807) is 14.0 Å². The second-order valence-corrected chi connectivity index (χ2v) is 4.29. The van der Waals surface area contributed by atoms with Crippen LogP contribution in [-0.2, 0) is 4.74 Å². The van der Waals surface area contributed by atoms with Crippen molar-refractivity contribution in [3.8, 4) is 5.75 Å². The minimum Gasteiger partial charge on any atom is -0.492 e. The molecule has 4 nitrogen and oxygen atoms in total. The zero-order chi connectivity index (χ0) is 13.5. The summed E-state index contributed by atoms with van der Waals surface area (Å²) in [6.07, 6.45) is -0.318. The van der Waals surface area contributed by atoms with E-state index in [1.165, 1.54) is 16.0 Å². The van der Waals surface area contributed by atoms with Crippen molar-refractivity contribution < 1.29 is 14.3 Å². The molecule has 1 amide bonds. The standard InChI is InChI=1S/C14H21NO3/c1-5-17-14(16)15(4)6-7-18-13-9-11(2)8-12(3)10-13/h8-10H,5-7H2,1-4H3. The molecule has 0 unspecified atom stereocenters. The van der Waals surface area contributed by atoms with Gasteiger partial charge in [0.05, 0.1) is 13.2 Å². The molecule has 0 aliphatic rings. The quantitative estimate of drug-likeness (QED) is 0.807. The highest BCUT2D eigenvalue weighted by Gasteiger charge is 2.08. The first-order valence-corrected chi connectivity index (χ1v) is 6.12. The molecule has 0 aliphatic heterocycles. The molecular weight excluding hydrogens is 230 g/mol. The average molecular weight is 251 g/mol. The Morgan fingerprint density at radius 2 is 1.83 bits per heavy atom. The molecule has 0 saturated heterocycles. The average Bonchev–Trinajstić information content (AvgIpc) is 2.27. The topological polar surface area (TPSA) is 38.8 Å². The number of benzene rings is 1. The number of amides is 1. The third kappa shape index (κ3) is 4.65. The van der Waals surface area contributed by atoms with Crippen molar-refractivity contribution in [3.05, 3.63) is 29.3 Å². The number of ether oxygens (including phenoxy) is 2. The summed E-state index contributed by atoms with van der Waals surface area (Å²) in [6.45, 7) is 7.21.